The Bertz CT molecular complexity index is 338. The SMILES string of the molecule is Cc1cc(C)cc(C(C)NCC(F)(F)F)c1. The lowest BCUT2D eigenvalue weighted by molar-refractivity contribution is -0.126. The van der Waals surface area contributed by atoms with Crippen LogP contribution in [-0.2, 0) is 0 Å². The molecule has 1 rings (SSSR count). The van der Waals surface area contributed by atoms with Crippen LogP contribution in [0.3, 0.4) is 0 Å². The Morgan fingerprint density at radius 2 is 1.62 bits per heavy atom. The Hall–Kier alpha value is -1.03. The molecule has 0 fully saturated rings. The molecule has 0 saturated heterocycles. The number of aryl methyl sites for hydroxylation is 2. The second-order valence-corrected chi connectivity index (χ2v) is 4.14. The van der Waals surface area contributed by atoms with E-state index >= 15 is 0 Å². The van der Waals surface area contributed by atoms with Gasteiger partial charge in [0, 0.05) is 6.04 Å². The quantitative estimate of drug-likeness (QED) is 0.839. The largest absolute Gasteiger partial charge is 0.401 e. The minimum absolute atomic E-state index is 0.291. The van der Waals surface area contributed by atoms with Crippen LogP contribution in [-0.4, -0.2) is 12.7 Å². The molecule has 0 amide bonds. The molecule has 90 valence electrons. The van der Waals surface area contributed by atoms with Crippen molar-refractivity contribution in [3.05, 3.63) is 34.9 Å². The predicted octanol–water partition coefficient (Wildman–Crippen LogP) is 3.52. The van der Waals surface area contributed by atoms with Crippen LogP contribution in [0, 0.1) is 13.8 Å². The molecule has 0 aliphatic rings. The van der Waals surface area contributed by atoms with Crippen molar-refractivity contribution >= 4 is 0 Å². The third kappa shape index (κ3) is 4.23. The van der Waals surface area contributed by atoms with E-state index in [1.165, 1.54) is 0 Å². The van der Waals surface area contributed by atoms with E-state index in [4.69, 9.17) is 0 Å². The molecule has 0 radical (unpaired) electrons. The first-order valence-electron chi connectivity index (χ1n) is 5.16. The summed E-state index contributed by atoms with van der Waals surface area (Å²) in [6, 6.07) is 5.52. The van der Waals surface area contributed by atoms with E-state index in [0.717, 1.165) is 16.7 Å². The number of benzene rings is 1. The first-order valence-corrected chi connectivity index (χ1v) is 5.16. The molecule has 16 heavy (non-hydrogen) atoms. The van der Waals surface area contributed by atoms with Crippen LogP contribution in [0.5, 0.6) is 0 Å². The average Bonchev–Trinajstić information content (AvgIpc) is 2.11. The molecule has 1 unspecified atom stereocenters. The average molecular weight is 231 g/mol. The van der Waals surface area contributed by atoms with Crippen molar-refractivity contribution in [2.75, 3.05) is 6.54 Å². The number of hydrogen-bond donors (Lipinski definition) is 1. The van der Waals surface area contributed by atoms with E-state index in [0.29, 0.717) is 0 Å². The minimum atomic E-state index is -4.16. The van der Waals surface area contributed by atoms with E-state index in [9.17, 15) is 13.2 Å². The third-order valence-corrected chi connectivity index (χ3v) is 2.35. The summed E-state index contributed by atoms with van der Waals surface area (Å²) in [7, 11) is 0. The van der Waals surface area contributed by atoms with Gasteiger partial charge in [-0.2, -0.15) is 13.2 Å². The highest BCUT2D eigenvalue weighted by molar-refractivity contribution is 5.30. The zero-order valence-electron chi connectivity index (χ0n) is 9.65. The van der Waals surface area contributed by atoms with E-state index in [1.807, 2.05) is 32.0 Å². The zero-order valence-corrected chi connectivity index (χ0v) is 9.65. The maximum atomic E-state index is 12.0. The van der Waals surface area contributed by atoms with Crippen LogP contribution in [0.1, 0.15) is 29.7 Å². The van der Waals surface area contributed by atoms with Crippen molar-refractivity contribution < 1.29 is 13.2 Å². The fourth-order valence-electron chi connectivity index (χ4n) is 1.65. The van der Waals surface area contributed by atoms with Crippen molar-refractivity contribution in [2.45, 2.75) is 33.0 Å². The first-order chi connectivity index (χ1) is 7.28. The fraction of sp³-hybridized carbons (Fsp3) is 0.500. The monoisotopic (exact) mass is 231 g/mol. The van der Waals surface area contributed by atoms with Crippen LogP contribution in [0.2, 0.25) is 0 Å². The molecule has 1 N–H and O–H groups in total. The molecule has 0 bridgehead atoms. The lowest BCUT2D eigenvalue weighted by Gasteiger charge is -2.17. The molecule has 0 saturated carbocycles. The fourth-order valence-corrected chi connectivity index (χ4v) is 1.65. The Labute approximate surface area is 93.7 Å². The van der Waals surface area contributed by atoms with Crippen molar-refractivity contribution in [3.8, 4) is 0 Å². The molecular weight excluding hydrogens is 215 g/mol. The summed E-state index contributed by atoms with van der Waals surface area (Å²) in [6.45, 7) is 4.65. The summed E-state index contributed by atoms with van der Waals surface area (Å²) < 4.78 is 36.1. The van der Waals surface area contributed by atoms with Crippen LogP contribution < -0.4 is 5.32 Å². The summed E-state index contributed by atoms with van der Waals surface area (Å²) in [4.78, 5) is 0. The second kappa shape index (κ2) is 4.87. The van der Waals surface area contributed by atoms with Gasteiger partial charge >= 0.3 is 6.18 Å². The smallest absolute Gasteiger partial charge is 0.302 e. The van der Waals surface area contributed by atoms with Crippen molar-refractivity contribution in [1.29, 1.82) is 0 Å². The number of alkyl halides is 3. The number of halogens is 3. The van der Waals surface area contributed by atoms with Gasteiger partial charge in [0.2, 0.25) is 0 Å². The summed E-state index contributed by atoms with van der Waals surface area (Å²) in [5.41, 5.74) is 3.02. The minimum Gasteiger partial charge on any atom is -0.302 e. The zero-order chi connectivity index (χ0) is 12.3. The molecule has 0 aliphatic heterocycles. The number of nitrogens with one attached hydrogen (secondary N) is 1. The van der Waals surface area contributed by atoms with E-state index < -0.39 is 12.7 Å². The Kier molecular flexibility index (Phi) is 3.97. The summed E-state index contributed by atoms with van der Waals surface area (Å²) in [5.74, 6) is 0. The van der Waals surface area contributed by atoms with Gasteiger partial charge in [-0.25, -0.2) is 0 Å². The van der Waals surface area contributed by atoms with Gasteiger partial charge in [0.25, 0.3) is 0 Å². The van der Waals surface area contributed by atoms with Gasteiger partial charge < -0.3 is 5.32 Å². The van der Waals surface area contributed by atoms with Gasteiger partial charge in [0.05, 0.1) is 6.54 Å². The lowest BCUT2D eigenvalue weighted by atomic mass is 10.0. The molecule has 4 heteroatoms. The third-order valence-electron chi connectivity index (χ3n) is 2.35. The Morgan fingerprint density at radius 1 is 1.12 bits per heavy atom. The van der Waals surface area contributed by atoms with Gasteiger partial charge in [-0.3, -0.25) is 0 Å². The van der Waals surface area contributed by atoms with Gasteiger partial charge in [0.1, 0.15) is 0 Å². The highest BCUT2D eigenvalue weighted by Gasteiger charge is 2.27. The normalized spacial score (nSPS) is 13.9. The molecule has 0 aliphatic carbocycles. The standard InChI is InChI=1S/C12H16F3N/c1-8-4-9(2)6-11(5-8)10(3)16-7-12(13,14)15/h4-6,10,16H,7H2,1-3H3. The second-order valence-electron chi connectivity index (χ2n) is 4.14. The highest BCUT2D eigenvalue weighted by atomic mass is 19.4. The first kappa shape index (κ1) is 13.0. The predicted molar refractivity (Wildman–Crippen MR) is 58.4 cm³/mol. The van der Waals surface area contributed by atoms with Gasteiger partial charge in [-0.05, 0) is 26.3 Å². The lowest BCUT2D eigenvalue weighted by Crippen LogP contribution is -2.30. The Morgan fingerprint density at radius 3 is 2.06 bits per heavy atom. The van der Waals surface area contributed by atoms with Gasteiger partial charge in [-0.1, -0.05) is 29.3 Å². The van der Waals surface area contributed by atoms with E-state index in [-0.39, 0.29) is 6.04 Å². The molecular formula is C12H16F3N. The van der Waals surface area contributed by atoms with Crippen molar-refractivity contribution in [1.82, 2.24) is 5.32 Å². The number of hydrogen-bond acceptors (Lipinski definition) is 1. The summed E-state index contributed by atoms with van der Waals surface area (Å²) in [5, 5.41) is 2.47. The van der Waals surface area contributed by atoms with E-state index in [1.54, 1.807) is 6.92 Å². The Balaban J connectivity index is 2.69. The topological polar surface area (TPSA) is 12.0 Å². The summed E-state index contributed by atoms with van der Waals surface area (Å²) >= 11 is 0. The molecule has 0 heterocycles. The maximum absolute atomic E-state index is 12.0. The van der Waals surface area contributed by atoms with Crippen LogP contribution in [0.15, 0.2) is 18.2 Å². The highest BCUT2D eigenvalue weighted by Crippen LogP contribution is 2.19. The van der Waals surface area contributed by atoms with Gasteiger partial charge in [-0.15, -0.1) is 0 Å². The molecule has 1 aromatic rings. The molecule has 0 aromatic heterocycles. The maximum Gasteiger partial charge on any atom is 0.401 e. The number of rotatable bonds is 3. The van der Waals surface area contributed by atoms with Crippen LogP contribution in [0.25, 0.3) is 0 Å². The van der Waals surface area contributed by atoms with Crippen molar-refractivity contribution in [3.63, 3.8) is 0 Å². The van der Waals surface area contributed by atoms with Gasteiger partial charge in [0.15, 0.2) is 0 Å². The van der Waals surface area contributed by atoms with E-state index in [2.05, 4.69) is 5.32 Å². The van der Waals surface area contributed by atoms with Crippen molar-refractivity contribution in [2.24, 2.45) is 0 Å². The molecule has 0 spiro atoms. The molecule has 1 atom stereocenters. The van der Waals surface area contributed by atoms with Crippen LogP contribution >= 0.6 is 0 Å². The molecule has 1 aromatic carbocycles. The molecule has 1 nitrogen and oxygen atoms in total. The summed E-state index contributed by atoms with van der Waals surface area (Å²) in [6.07, 6.45) is -4.16. The van der Waals surface area contributed by atoms with Crippen LogP contribution in [0.4, 0.5) is 13.2 Å².